The molecule has 1 unspecified atom stereocenters. The number of halogens is 1. The van der Waals surface area contributed by atoms with E-state index in [9.17, 15) is 19.5 Å². The molecule has 1 atom stereocenters. The summed E-state index contributed by atoms with van der Waals surface area (Å²) in [5, 5.41) is 12.0. The van der Waals surface area contributed by atoms with Crippen LogP contribution >= 0.6 is 0 Å². The Bertz CT molecular complexity index is 1130. The van der Waals surface area contributed by atoms with Crippen molar-refractivity contribution in [1.29, 1.82) is 0 Å². The minimum absolute atomic E-state index is 0.194. The number of aliphatic hydroxyl groups excluding tert-OH is 1. The SMILES string of the molecule is O=C1CCC(N2Cc3cc(-c4nccc(CN5CCC(O)CC5)c4F)ccc3C2=O)C(=O)N1. The van der Waals surface area contributed by atoms with Gasteiger partial charge in [-0.05, 0) is 43.0 Å². The van der Waals surface area contributed by atoms with Gasteiger partial charge in [0, 0.05) is 55.5 Å². The lowest BCUT2D eigenvalue weighted by Gasteiger charge is -2.29. The van der Waals surface area contributed by atoms with Crippen LogP contribution in [0.4, 0.5) is 4.39 Å². The Morgan fingerprint density at radius 3 is 2.67 bits per heavy atom. The summed E-state index contributed by atoms with van der Waals surface area (Å²) >= 11 is 0. The first-order valence-corrected chi connectivity index (χ1v) is 11.2. The van der Waals surface area contributed by atoms with Gasteiger partial charge in [0.1, 0.15) is 11.7 Å². The van der Waals surface area contributed by atoms with Gasteiger partial charge in [0.05, 0.1) is 6.10 Å². The topological polar surface area (TPSA) is 103 Å². The zero-order valence-corrected chi connectivity index (χ0v) is 18.1. The van der Waals surface area contributed by atoms with Crippen LogP contribution in [0.2, 0.25) is 0 Å². The van der Waals surface area contributed by atoms with Crippen molar-refractivity contribution in [3.05, 3.63) is 53.0 Å². The number of hydrogen-bond acceptors (Lipinski definition) is 6. The molecule has 3 aliphatic heterocycles. The molecule has 0 bridgehead atoms. The number of aromatic nitrogens is 1. The van der Waals surface area contributed by atoms with Crippen LogP contribution in [0.1, 0.15) is 47.2 Å². The highest BCUT2D eigenvalue weighted by atomic mass is 19.1. The molecule has 2 N–H and O–H groups in total. The third kappa shape index (κ3) is 4.14. The Kier molecular flexibility index (Phi) is 5.67. The van der Waals surface area contributed by atoms with Crippen molar-refractivity contribution in [2.45, 2.75) is 50.9 Å². The van der Waals surface area contributed by atoms with E-state index in [-0.39, 0.29) is 36.6 Å². The Morgan fingerprint density at radius 2 is 1.91 bits per heavy atom. The van der Waals surface area contributed by atoms with Crippen LogP contribution in [0, 0.1) is 5.82 Å². The fourth-order valence-electron chi connectivity index (χ4n) is 4.85. The number of amides is 3. The van der Waals surface area contributed by atoms with Crippen LogP contribution in [-0.2, 0) is 22.7 Å². The van der Waals surface area contributed by atoms with Crippen LogP contribution in [0.25, 0.3) is 11.3 Å². The van der Waals surface area contributed by atoms with Crippen molar-refractivity contribution in [2.24, 2.45) is 0 Å². The fourth-order valence-corrected chi connectivity index (χ4v) is 4.85. The first kappa shape index (κ1) is 21.7. The molecule has 0 saturated carbocycles. The van der Waals surface area contributed by atoms with Gasteiger partial charge in [0.15, 0.2) is 5.82 Å². The maximum Gasteiger partial charge on any atom is 0.255 e. The molecule has 9 heteroatoms. The van der Waals surface area contributed by atoms with E-state index in [0.717, 1.165) is 13.1 Å². The van der Waals surface area contributed by atoms with Gasteiger partial charge < -0.3 is 10.0 Å². The summed E-state index contributed by atoms with van der Waals surface area (Å²) in [5.74, 6) is -1.45. The molecule has 1 aromatic heterocycles. The number of benzene rings is 1. The molecule has 33 heavy (non-hydrogen) atoms. The number of nitrogens with one attached hydrogen (secondary N) is 1. The number of pyridine rings is 1. The maximum atomic E-state index is 15.4. The highest BCUT2D eigenvalue weighted by molar-refractivity contribution is 6.05. The minimum Gasteiger partial charge on any atom is -0.393 e. The fraction of sp³-hybridized carbons (Fsp3) is 0.417. The van der Waals surface area contributed by atoms with Crippen molar-refractivity contribution in [3.8, 4) is 11.3 Å². The normalized spacial score (nSPS) is 21.9. The van der Waals surface area contributed by atoms with Crippen molar-refractivity contribution in [3.63, 3.8) is 0 Å². The molecule has 1 aromatic carbocycles. The Labute approximate surface area is 190 Å². The number of carbonyl (C=O) groups is 3. The molecule has 0 spiro atoms. The molecule has 172 valence electrons. The quantitative estimate of drug-likeness (QED) is 0.684. The number of aliphatic hydroxyl groups is 1. The lowest BCUT2D eigenvalue weighted by molar-refractivity contribution is -0.136. The van der Waals surface area contributed by atoms with Crippen molar-refractivity contribution >= 4 is 17.7 Å². The number of piperidine rings is 2. The predicted molar refractivity (Wildman–Crippen MR) is 116 cm³/mol. The lowest BCUT2D eigenvalue weighted by atomic mass is 10.0. The van der Waals surface area contributed by atoms with Crippen LogP contribution in [0.5, 0.6) is 0 Å². The van der Waals surface area contributed by atoms with E-state index >= 15 is 4.39 Å². The van der Waals surface area contributed by atoms with E-state index < -0.39 is 17.8 Å². The van der Waals surface area contributed by atoms with Crippen LogP contribution in [-0.4, -0.2) is 62.8 Å². The highest BCUT2D eigenvalue weighted by Crippen LogP contribution is 2.32. The molecular weight excluding hydrogens is 427 g/mol. The summed E-state index contributed by atoms with van der Waals surface area (Å²) in [6.45, 7) is 2.11. The molecule has 3 aliphatic rings. The third-order valence-corrected chi connectivity index (χ3v) is 6.72. The zero-order valence-electron chi connectivity index (χ0n) is 18.1. The number of fused-ring (bicyclic) bond motifs is 1. The average molecular weight is 452 g/mol. The van der Waals surface area contributed by atoms with Crippen molar-refractivity contribution < 1.29 is 23.9 Å². The average Bonchev–Trinajstić information content (AvgIpc) is 3.12. The van der Waals surface area contributed by atoms with Gasteiger partial charge in [-0.2, -0.15) is 0 Å². The second-order valence-corrected chi connectivity index (χ2v) is 8.91. The number of hydrogen-bond donors (Lipinski definition) is 2. The second-order valence-electron chi connectivity index (χ2n) is 8.91. The zero-order chi connectivity index (χ0) is 23.1. The minimum atomic E-state index is -0.688. The summed E-state index contributed by atoms with van der Waals surface area (Å²) in [6, 6.07) is 6.07. The van der Waals surface area contributed by atoms with Gasteiger partial charge in [-0.25, -0.2) is 4.39 Å². The Hall–Kier alpha value is -3.17. The lowest BCUT2D eigenvalue weighted by Crippen LogP contribution is -2.52. The van der Waals surface area contributed by atoms with Crippen LogP contribution in [0.15, 0.2) is 30.5 Å². The van der Waals surface area contributed by atoms with Gasteiger partial charge in [-0.3, -0.25) is 29.6 Å². The number of nitrogens with zero attached hydrogens (tertiary/aromatic N) is 3. The second kappa shape index (κ2) is 8.64. The van der Waals surface area contributed by atoms with Gasteiger partial charge in [0.2, 0.25) is 11.8 Å². The van der Waals surface area contributed by atoms with Crippen molar-refractivity contribution in [1.82, 2.24) is 20.1 Å². The predicted octanol–water partition coefficient (Wildman–Crippen LogP) is 1.61. The van der Waals surface area contributed by atoms with Gasteiger partial charge in [-0.15, -0.1) is 0 Å². The molecule has 4 heterocycles. The summed E-state index contributed by atoms with van der Waals surface area (Å²) in [7, 11) is 0. The van der Waals surface area contributed by atoms with Crippen molar-refractivity contribution in [2.75, 3.05) is 13.1 Å². The Morgan fingerprint density at radius 1 is 1.12 bits per heavy atom. The first-order valence-electron chi connectivity index (χ1n) is 11.2. The standard InChI is InChI=1S/C24H25FN4O4/c25-21-15(12-28-9-6-17(30)7-10-28)5-8-26-22(21)14-1-2-18-16(11-14)13-29(24(18)33)19-3-4-20(31)27-23(19)32/h1-2,5,8,11,17,19,30H,3-4,6-7,9-10,12-13H2,(H,27,31,32). The van der Waals surface area contributed by atoms with Crippen LogP contribution < -0.4 is 5.32 Å². The third-order valence-electron chi connectivity index (χ3n) is 6.72. The van der Waals surface area contributed by atoms with Crippen LogP contribution in [0.3, 0.4) is 0 Å². The number of carbonyl (C=O) groups excluding carboxylic acids is 3. The number of imide groups is 1. The number of rotatable bonds is 4. The molecule has 8 nitrogen and oxygen atoms in total. The molecule has 0 radical (unpaired) electrons. The van der Waals surface area contributed by atoms with Gasteiger partial charge >= 0.3 is 0 Å². The van der Waals surface area contributed by atoms with Gasteiger partial charge in [0.25, 0.3) is 5.91 Å². The van der Waals surface area contributed by atoms with E-state index in [0.29, 0.717) is 48.1 Å². The summed E-state index contributed by atoms with van der Waals surface area (Å²) in [5.41, 5.74) is 2.52. The van der Waals surface area contributed by atoms with Gasteiger partial charge in [-0.1, -0.05) is 6.07 Å². The highest BCUT2D eigenvalue weighted by Gasteiger charge is 2.39. The monoisotopic (exact) mass is 452 g/mol. The van der Waals surface area contributed by atoms with E-state index in [1.807, 2.05) is 0 Å². The number of likely N-dealkylation sites (tertiary alicyclic amines) is 1. The summed E-state index contributed by atoms with van der Waals surface area (Å²) in [6.07, 6.45) is 3.15. The molecule has 0 aliphatic carbocycles. The maximum absolute atomic E-state index is 15.4. The summed E-state index contributed by atoms with van der Waals surface area (Å²) < 4.78 is 15.4. The molecule has 5 rings (SSSR count). The molecule has 3 amide bonds. The van der Waals surface area contributed by atoms with E-state index in [1.54, 1.807) is 30.5 Å². The Balaban J connectivity index is 1.37. The summed E-state index contributed by atoms with van der Waals surface area (Å²) in [4.78, 5) is 44.4. The molecule has 2 fully saturated rings. The molecule has 2 aromatic rings. The van der Waals surface area contributed by atoms with E-state index in [1.165, 1.54) is 4.90 Å². The molecule has 2 saturated heterocycles. The van der Waals surface area contributed by atoms with E-state index in [4.69, 9.17) is 0 Å². The first-order chi connectivity index (χ1) is 15.9. The molecular formula is C24H25FN4O4. The smallest absolute Gasteiger partial charge is 0.255 e. The largest absolute Gasteiger partial charge is 0.393 e. The van der Waals surface area contributed by atoms with E-state index in [2.05, 4.69) is 15.2 Å².